The first-order valence-corrected chi connectivity index (χ1v) is 8.60. The number of hydrogen-bond acceptors (Lipinski definition) is 5. The zero-order valence-corrected chi connectivity index (χ0v) is 16.3. The molecule has 0 aliphatic rings. The Bertz CT molecular complexity index is 569. The number of ether oxygens (including phenoxy) is 1. The number of hydrogen-bond donors (Lipinski definition) is 2. The molecule has 0 aliphatic carbocycles. The fourth-order valence-corrected chi connectivity index (χ4v) is 2.38. The number of amides is 1. The highest BCUT2D eigenvalue weighted by Crippen LogP contribution is 2.10. The number of rotatable bonds is 12. The van der Waals surface area contributed by atoms with E-state index in [4.69, 9.17) is 15.8 Å². The minimum absolute atomic E-state index is 0.214. The van der Waals surface area contributed by atoms with Gasteiger partial charge in [0, 0.05) is 9.82 Å². The molecule has 0 bridgehead atoms. The Kier molecular flexibility index (Phi) is 10.7. The Morgan fingerprint density at radius 2 is 1.67 bits per heavy atom. The minimum atomic E-state index is -1.14. The van der Waals surface area contributed by atoms with E-state index in [9.17, 15) is 14.7 Å². The third-order valence-corrected chi connectivity index (χ3v) is 3.79. The van der Waals surface area contributed by atoms with Crippen LogP contribution in [0.1, 0.15) is 33.6 Å². The van der Waals surface area contributed by atoms with Crippen LogP contribution in [0.5, 0.6) is 0 Å². The number of likely N-dealkylation sites (N-methyl/N-ethyl adjacent to an activating group) is 1. The molecule has 0 rings (SSSR count). The lowest BCUT2D eigenvalue weighted by molar-refractivity contribution is -0.907. The summed E-state index contributed by atoms with van der Waals surface area (Å²) < 4.78 is 5.54. The van der Waals surface area contributed by atoms with Crippen LogP contribution >= 0.6 is 0 Å². The number of nitrogens with zero attached hydrogens (tertiary/aromatic N) is 7. The molecule has 0 spiro atoms. The molecule has 0 fully saturated rings. The third kappa shape index (κ3) is 12.3. The predicted octanol–water partition coefficient (Wildman–Crippen LogP) is 2.81. The number of quaternary nitrogens is 1. The van der Waals surface area contributed by atoms with Crippen LogP contribution in [0.25, 0.3) is 20.9 Å². The molecule has 0 saturated heterocycles. The molecular weight excluding hydrogens is 356 g/mol. The molecule has 1 atom stereocenters. The summed E-state index contributed by atoms with van der Waals surface area (Å²) in [5.74, 6) is -1.14. The smallest absolute Gasteiger partial charge is 0.408 e. The minimum Gasteiger partial charge on any atom is -0.480 e. The second-order valence-electron chi connectivity index (χ2n) is 7.38. The quantitative estimate of drug-likeness (QED) is 0.227. The number of azide groups is 2. The summed E-state index contributed by atoms with van der Waals surface area (Å²) in [5, 5.41) is 18.7. The highest BCUT2D eigenvalue weighted by molar-refractivity contribution is 5.79. The summed E-state index contributed by atoms with van der Waals surface area (Å²) in [6.07, 6.45) is -0.0693. The molecule has 0 heterocycles. The van der Waals surface area contributed by atoms with Crippen molar-refractivity contribution < 1.29 is 23.9 Å². The SMILES string of the molecule is CC(C)(C)OC(=O)N[C@@H](CCC[N+](C)(CCN=[N+]=[N-])CCN=[N+]=[N-])C(=O)O. The van der Waals surface area contributed by atoms with Crippen LogP contribution in [0.15, 0.2) is 10.2 Å². The van der Waals surface area contributed by atoms with Gasteiger partial charge in [0.05, 0.1) is 39.8 Å². The van der Waals surface area contributed by atoms with Crippen molar-refractivity contribution in [2.75, 3.05) is 39.8 Å². The normalized spacial score (nSPS) is 14.1. The van der Waals surface area contributed by atoms with E-state index in [2.05, 4.69) is 25.4 Å². The highest BCUT2D eigenvalue weighted by atomic mass is 16.6. The van der Waals surface area contributed by atoms with Crippen LogP contribution in [-0.4, -0.2) is 73.1 Å². The zero-order chi connectivity index (χ0) is 20.9. The number of aliphatic carboxylic acids is 1. The Labute approximate surface area is 158 Å². The van der Waals surface area contributed by atoms with E-state index in [1.165, 1.54) is 0 Å². The first-order valence-electron chi connectivity index (χ1n) is 8.60. The van der Waals surface area contributed by atoms with Crippen molar-refractivity contribution in [1.29, 1.82) is 0 Å². The summed E-state index contributed by atoms with van der Waals surface area (Å²) in [6, 6.07) is -1.07. The summed E-state index contributed by atoms with van der Waals surface area (Å²) in [4.78, 5) is 28.6. The van der Waals surface area contributed by atoms with Crippen molar-refractivity contribution in [1.82, 2.24) is 5.32 Å². The molecule has 0 aromatic heterocycles. The van der Waals surface area contributed by atoms with Crippen LogP contribution < -0.4 is 5.32 Å². The van der Waals surface area contributed by atoms with Gasteiger partial charge in [-0.2, -0.15) is 0 Å². The van der Waals surface area contributed by atoms with Gasteiger partial charge in [-0.1, -0.05) is 10.2 Å². The van der Waals surface area contributed by atoms with Gasteiger partial charge in [0.1, 0.15) is 11.6 Å². The van der Waals surface area contributed by atoms with E-state index in [-0.39, 0.29) is 19.5 Å². The topological polar surface area (TPSA) is 173 Å². The van der Waals surface area contributed by atoms with Crippen molar-refractivity contribution in [3.63, 3.8) is 0 Å². The summed E-state index contributed by atoms with van der Waals surface area (Å²) in [7, 11) is 1.91. The fraction of sp³-hybridized carbons (Fsp3) is 0.867. The van der Waals surface area contributed by atoms with Crippen molar-refractivity contribution in [3.8, 4) is 0 Å². The maximum atomic E-state index is 11.8. The standard InChI is InChI=1S/C15H28N8O4/c1-15(2,3)27-14(26)20-12(13(24)25)6-5-9-23(4,10-7-18-21-16)11-8-19-22-17/h12H,5-11H2,1-4H3,(H-,20,24,25,26)/p+1/t12-/m0/s1. The van der Waals surface area contributed by atoms with E-state index in [0.717, 1.165) is 0 Å². The van der Waals surface area contributed by atoms with Gasteiger partial charge in [0.15, 0.2) is 0 Å². The van der Waals surface area contributed by atoms with E-state index >= 15 is 0 Å². The molecular formula is C15H29N8O4+. The maximum Gasteiger partial charge on any atom is 0.408 e. The van der Waals surface area contributed by atoms with Crippen LogP contribution in [0, 0.1) is 0 Å². The number of nitrogens with one attached hydrogen (secondary N) is 1. The Hall–Kier alpha value is -2.68. The second kappa shape index (κ2) is 11.8. The molecule has 27 heavy (non-hydrogen) atoms. The second-order valence-corrected chi connectivity index (χ2v) is 7.38. The summed E-state index contributed by atoms with van der Waals surface area (Å²) >= 11 is 0. The molecule has 0 radical (unpaired) electrons. The Balaban J connectivity index is 4.75. The van der Waals surface area contributed by atoms with Crippen molar-refractivity contribution >= 4 is 12.1 Å². The molecule has 0 aromatic rings. The van der Waals surface area contributed by atoms with Crippen molar-refractivity contribution in [3.05, 3.63) is 20.9 Å². The van der Waals surface area contributed by atoms with Gasteiger partial charge < -0.3 is 19.6 Å². The maximum absolute atomic E-state index is 11.8. The van der Waals surface area contributed by atoms with Crippen molar-refractivity contribution in [2.24, 2.45) is 10.2 Å². The number of alkyl carbamates (subject to hydrolysis) is 1. The van der Waals surface area contributed by atoms with E-state index in [1.807, 2.05) is 7.05 Å². The lowest BCUT2D eigenvalue weighted by atomic mass is 10.1. The first-order chi connectivity index (χ1) is 12.5. The molecule has 1 amide bonds. The summed E-state index contributed by atoms with van der Waals surface area (Å²) in [6.45, 7) is 7.27. The molecule has 152 valence electrons. The van der Waals surface area contributed by atoms with E-state index in [1.54, 1.807) is 20.8 Å². The molecule has 12 heteroatoms. The Morgan fingerprint density at radius 3 is 2.07 bits per heavy atom. The van der Waals surface area contributed by atoms with Gasteiger partial charge in [0.25, 0.3) is 0 Å². The average molecular weight is 385 g/mol. The monoisotopic (exact) mass is 385 g/mol. The van der Waals surface area contributed by atoms with Crippen LogP contribution in [0.3, 0.4) is 0 Å². The predicted molar refractivity (Wildman–Crippen MR) is 98.8 cm³/mol. The number of carbonyl (C=O) groups excluding carboxylic acids is 1. The van der Waals surface area contributed by atoms with Crippen LogP contribution in [0.4, 0.5) is 4.79 Å². The van der Waals surface area contributed by atoms with Crippen molar-refractivity contribution in [2.45, 2.75) is 45.3 Å². The van der Waals surface area contributed by atoms with Crippen LogP contribution in [0.2, 0.25) is 0 Å². The number of carbonyl (C=O) groups is 2. The van der Waals surface area contributed by atoms with E-state index < -0.39 is 23.7 Å². The van der Waals surface area contributed by atoms with Gasteiger partial charge in [-0.15, -0.1) is 0 Å². The van der Waals surface area contributed by atoms with Gasteiger partial charge >= 0.3 is 12.1 Å². The lowest BCUT2D eigenvalue weighted by Gasteiger charge is -2.34. The van der Waals surface area contributed by atoms with Gasteiger partial charge in [-0.05, 0) is 44.7 Å². The van der Waals surface area contributed by atoms with Crippen LogP contribution in [-0.2, 0) is 9.53 Å². The largest absolute Gasteiger partial charge is 0.480 e. The molecule has 0 aliphatic heterocycles. The van der Waals surface area contributed by atoms with Gasteiger partial charge in [0.2, 0.25) is 0 Å². The highest BCUT2D eigenvalue weighted by Gasteiger charge is 2.26. The summed E-state index contributed by atoms with van der Waals surface area (Å²) in [5.41, 5.74) is 16.1. The number of carboxylic acid groups (broad SMARTS) is 1. The van der Waals surface area contributed by atoms with Gasteiger partial charge in [-0.25, -0.2) is 9.59 Å². The van der Waals surface area contributed by atoms with E-state index in [0.29, 0.717) is 30.5 Å². The number of carboxylic acids is 1. The molecule has 0 saturated carbocycles. The molecule has 0 unspecified atom stereocenters. The van der Waals surface area contributed by atoms with Gasteiger partial charge in [-0.3, -0.25) is 0 Å². The average Bonchev–Trinajstić information content (AvgIpc) is 2.52. The Morgan fingerprint density at radius 1 is 1.15 bits per heavy atom. The molecule has 0 aromatic carbocycles. The molecule has 2 N–H and O–H groups in total. The fourth-order valence-electron chi connectivity index (χ4n) is 2.38. The first kappa shape index (κ1) is 24.3. The third-order valence-electron chi connectivity index (χ3n) is 3.79. The molecule has 12 nitrogen and oxygen atoms in total. The lowest BCUT2D eigenvalue weighted by Crippen LogP contribution is -2.49. The zero-order valence-electron chi connectivity index (χ0n) is 16.3.